The SMILES string of the molecule is O=C1C2=C(CCCC2)C(Cl)N1C1=C(F)C(=C(F)F)C2OOC2=C1. The van der Waals surface area contributed by atoms with Gasteiger partial charge in [0.1, 0.15) is 5.50 Å². The summed E-state index contributed by atoms with van der Waals surface area (Å²) in [7, 11) is 0. The number of amides is 1. The molecule has 0 aromatic rings. The van der Waals surface area contributed by atoms with Crippen molar-refractivity contribution in [2.24, 2.45) is 0 Å². The van der Waals surface area contributed by atoms with E-state index < -0.39 is 35.0 Å². The molecule has 0 saturated carbocycles. The van der Waals surface area contributed by atoms with Crippen molar-refractivity contribution in [3.8, 4) is 0 Å². The fraction of sp³-hybridized carbons (Fsp3) is 0.400. The summed E-state index contributed by atoms with van der Waals surface area (Å²) in [6.45, 7) is 0. The summed E-state index contributed by atoms with van der Waals surface area (Å²) in [5.41, 5.74) is -0.765. The number of carbonyl (C=O) groups is 1. The van der Waals surface area contributed by atoms with Crippen LogP contribution in [-0.4, -0.2) is 22.4 Å². The molecule has 1 amide bonds. The normalized spacial score (nSPS) is 29.9. The molecule has 1 fully saturated rings. The number of halogens is 4. The highest BCUT2D eigenvalue weighted by molar-refractivity contribution is 6.26. The van der Waals surface area contributed by atoms with Crippen LogP contribution in [0.4, 0.5) is 13.2 Å². The average molecular weight is 346 g/mol. The van der Waals surface area contributed by atoms with Crippen molar-refractivity contribution in [3.63, 3.8) is 0 Å². The lowest BCUT2D eigenvalue weighted by Gasteiger charge is -2.35. The molecule has 2 unspecified atom stereocenters. The smallest absolute Gasteiger partial charge is 0.279 e. The molecule has 4 rings (SSSR count). The van der Waals surface area contributed by atoms with Gasteiger partial charge < -0.3 is 4.89 Å². The first-order valence-corrected chi connectivity index (χ1v) is 7.64. The molecule has 2 heterocycles. The van der Waals surface area contributed by atoms with Gasteiger partial charge in [0.15, 0.2) is 17.7 Å². The number of rotatable bonds is 1. The van der Waals surface area contributed by atoms with E-state index in [-0.39, 0.29) is 11.5 Å². The van der Waals surface area contributed by atoms with Crippen LogP contribution in [0, 0.1) is 0 Å². The van der Waals surface area contributed by atoms with Gasteiger partial charge in [0.2, 0.25) is 0 Å². The van der Waals surface area contributed by atoms with Crippen LogP contribution < -0.4 is 0 Å². The Morgan fingerprint density at radius 2 is 2.04 bits per heavy atom. The molecule has 0 aromatic heterocycles. The minimum Gasteiger partial charge on any atom is -0.337 e. The van der Waals surface area contributed by atoms with Gasteiger partial charge in [-0.1, -0.05) is 11.6 Å². The summed E-state index contributed by atoms with van der Waals surface area (Å²) in [6.07, 6.45) is 0.693. The Morgan fingerprint density at radius 1 is 1.30 bits per heavy atom. The number of allylic oxidation sites excluding steroid dienone is 1. The van der Waals surface area contributed by atoms with Crippen LogP contribution in [0.3, 0.4) is 0 Å². The highest BCUT2D eigenvalue weighted by Gasteiger charge is 2.48. The fourth-order valence-corrected chi connectivity index (χ4v) is 3.76. The molecule has 4 aliphatic rings. The van der Waals surface area contributed by atoms with Crippen LogP contribution >= 0.6 is 11.6 Å². The summed E-state index contributed by atoms with van der Waals surface area (Å²) in [5, 5.41) is 0. The van der Waals surface area contributed by atoms with E-state index in [9.17, 15) is 18.0 Å². The molecule has 0 radical (unpaired) electrons. The molecule has 0 N–H and O–H groups in total. The maximum absolute atomic E-state index is 14.6. The zero-order chi connectivity index (χ0) is 16.3. The number of fused-ring (bicyclic) bond motifs is 1. The second-order valence-electron chi connectivity index (χ2n) is 5.70. The molecular formula is C15H11ClF3NO3. The Balaban J connectivity index is 1.79. The van der Waals surface area contributed by atoms with E-state index in [1.807, 2.05) is 0 Å². The van der Waals surface area contributed by atoms with E-state index in [1.165, 1.54) is 6.08 Å². The van der Waals surface area contributed by atoms with Gasteiger partial charge in [-0.3, -0.25) is 9.69 Å². The topological polar surface area (TPSA) is 38.8 Å². The van der Waals surface area contributed by atoms with Crippen LogP contribution in [-0.2, 0) is 14.6 Å². The molecule has 4 nitrogen and oxygen atoms in total. The maximum atomic E-state index is 14.6. The molecule has 2 atom stereocenters. The lowest BCUT2D eigenvalue weighted by molar-refractivity contribution is -0.367. The number of hydrogen-bond donors (Lipinski definition) is 0. The van der Waals surface area contributed by atoms with Gasteiger partial charge in [0, 0.05) is 11.6 Å². The first-order valence-electron chi connectivity index (χ1n) is 7.20. The van der Waals surface area contributed by atoms with Crippen LogP contribution in [0.5, 0.6) is 0 Å². The minimum absolute atomic E-state index is 0.0331. The molecule has 0 bridgehead atoms. The quantitative estimate of drug-likeness (QED) is 0.412. The minimum atomic E-state index is -2.21. The highest BCUT2D eigenvalue weighted by Crippen LogP contribution is 2.46. The van der Waals surface area contributed by atoms with E-state index >= 15 is 0 Å². The van der Waals surface area contributed by atoms with Gasteiger partial charge in [0.25, 0.3) is 12.0 Å². The predicted molar refractivity (Wildman–Crippen MR) is 73.4 cm³/mol. The molecular weight excluding hydrogens is 335 g/mol. The summed E-state index contributed by atoms with van der Waals surface area (Å²) in [6, 6.07) is 0. The second-order valence-corrected chi connectivity index (χ2v) is 6.11. The molecule has 8 heteroatoms. The zero-order valence-electron chi connectivity index (χ0n) is 11.7. The van der Waals surface area contributed by atoms with Crippen molar-refractivity contribution in [2.75, 3.05) is 0 Å². The maximum Gasteiger partial charge on any atom is 0.279 e. The Hall–Kier alpha value is -1.73. The Bertz CT molecular complexity index is 736. The van der Waals surface area contributed by atoms with Crippen molar-refractivity contribution in [3.05, 3.63) is 46.2 Å². The van der Waals surface area contributed by atoms with Crippen LogP contribution in [0.15, 0.2) is 46.2 Å². The van der Waals surface area contributed by atoms with Gasteiger partial charge in [-0.25, -0.2) is 4.39 Å². The molecule has 122 valence electrons. The average Bonchev–Trinajstić information content (AvgIpc) is 2.75. The van der Waals surface area contributed by atoms with E-state index in [0.29, 0.717) is 18.4 Å². The number of alkyl halides is 1. The van der Waals surface area contributed by atoms with Crippen LogP contribution in [0.25, 0.3) is 0 Å². The Morgan fingerprint density at radius 3 is 2.65 bits per heavy atom. The zero-order valence-corrected chi connectivity index (χ0v) is 12.5. The lowest BCUT2D eigenvalue weighted by Crippen LogP contribution is -2.39. The summed E-state index contributed by atoms with van der Waals surface area (Å²) >= 11 is 6.32. The number of nitrogens with zero attached hydrogens (tertiary/aromatic N) is 1. The third-order valence-electron chi connectivity index (χ3n) is 4.47. The van der Waals surface area contributed by atoms with Crippen molar-refractivity contribution in [1.82, 2.24) is 4.90 Å². The van der Waals surface area contributed by atoms with E-state index in [4.69, 9.17) is 11.6 Å². The lowest BCUT2D eigenvalue weighted by atomic mass is 9.94. The molecule has 2 aliphatic carbocycles. The first-order chi connectivity index (χ1) is 11.0. The van der Waals surface area contributed by atoms with Crippen molar-refractivity contribution >= 4 is 17.5 Å². The van der Waals surface area contributed by atoms with Gasteiger partial charge in [-0.15, -0.1) is 0 Å². The predicted octanol–water partition coefficient (Wildman–Crippen LogP) is 3.82. The number of hydrogen-bond acceptors (Lipinski definition) is 3. The van der Waals surface area contributed by atoms with Gasteiger partial charge in [0.05, 0.1) is 11.3 Å². The molecule has 2 aliphatic heterocycles. The van der Waals surface area contributed by atoms with Crippen molar-refractivity contribution < 1.29 is 27.7 Å². The molecule has 1 saturated heterocycles. The molecule has 23 heavy (non-hydrogen) atoms. The Kier molecular flexibility index (Phi) is 3.32. The summed E-state index contributed by atoms with van der Waals surface area (Å²) in [5.74, 6) is -1.61. The highest BCUT2D eigenvalue weighted by atomic mass is 35.5. The van der Waals surface area contributed by atoms with Crippen molar-refractivity contribution in [2.45, 2.75) is 37.3 Å². The standard InChI is InChI=1S/C15H11ClF3NO3/c16-13-6-3-1-2-4-7(6)15(21)20(13)8-5-9-12(23-22-9)10(11(8)17)14(18)19/h5,12-13H,1-4H2. The molecule has 0 aromatic carbocycles. The van der Waals surface area contributed by atoms with E-state index in [1.54, 1.807) is 0 Å². The largest absolute Gasteiger partial charge is 0.337 e. The molecule has 0 spiro atoms. The number of carbonyl (C=O) groups excluding carboxylic acids is 1. The fourth-order valence-electron chi connectivity index (χ4n) is 3.32. The van der Waals surface area contributed by atoms with E-state index in [2.05, 4.69) is 9.78 Å². The second kappa shape index (κ2) is 5.14. The van der Waals surface area contributed by atoms with Gasteiger partial charge in [-0.05, 0) is 31.3 Å². The Labute approximate surface area is 134 Å². The summed E-state index contributed by atoms with van der Waals surface area (Å²) in [4.78, 5) is 22.7. The van der Waals surface area contributed by atoms with Gasteiger partial charge in [-0.2, -0.15) is 13.7 Å². The monoisotopic (exact) mass is 345 g/mol. The van der Waals surface area contributed by atoms with Crippen molar-refractivity contribution in [1.29, 1.82) is 0 Å². The van der Waals surface area contributed by atoms with Crippen LogP contribution in [0.2, 0.25) is 0 Å². The first kappa shape index (κ1) is 14.8. The van der Waals surface area contributed by atoms with Gasteiger partial charge >= 0.3 is 0 Å². The van der Waals surface area contributed by atoms with E-state index in [0.717, 1.165) is 23.3 Å². The third kappa shape index (κ3) is 1.99. The third-order valence-corrected chi connectivity index (χ3v) is 4.92. The summed E-state index contributed by atoms with van der Waals surface area (Å²) < 4.78 is 40.7. The van der Waals surface area contributed by atoms with Crippen LogP contribution in [0.1, 0.15) is 25.7 Å².